The number of nitrogens with zero attached hydrogens (tertiary/aromatic N) is 4. The summed E-state index contributed by atoms with van der Waals surface area (Å²) in [5.41, 5.74) is 2.20. The molecule has 0 aliphatic carbocycles. The summed E-state index contributed by atoms with van der Waals surface area (Å²) in [6.07, 6.45) is -4.49. The molecule has 1 aliphatic rings. The maximum absolute atomic E-state index is 10.6. The molecule has 0 aromatic carbocycles. The Balaban J connectivity index is 0.000000333. The molecule has 0 bridgehead atoms. The Morgan fingerprint density at radius 1 is 1.05 bits per heavy atom. The number of ether oxygens (including phenoxy) is 1. The molecule has 4 rings (SSSR count). The van der Waals surface area contributed by atoms with Gasteiger partial charge in [-0.15, -0.1) is 0 Å². The smallest absolute Gasteiger partial charge is 0.475 e. The van der Waals surface area contributed by atoms with Crippen molar-refractivity contribution in [3.63, 3.8) is 0 Å². The lowest BCUT2D eigenvalue weighted by atomic mass is 10.1. The van der Waals surface area contributed by atoms with Crippen LogP contribution >= 0.6 is 0 Å². The molecular weight excluding hydrogens is 554 g/mol. The largest absolute Gasteiger partial charge is 0.490 e. The van der Waals surface area contributed by atoms with Crippen molar-refractivity contribution in [3.8, 4) is 0 Å². The first kappa shape index (κ1) is 32.3. The molecule has 0 spiro atoms. The van der Waals surface area contributed by atoms with E-state index in [9.17, 15) is 26.3 Å². The van der Waals surface area contributed by atoms with Gasteiger partial charge in [0.25, 0.3) is 0 Å². The molecule has 2 N–H and O–H groups in total. The van der Waals surface area contributed by atoms with Crippen LogP contribution in [0.15, 0.2) is 53.5 Å². The zero-order valence-corrected chi connectivity index (χ0v) is 21.0. The molecule has 10 nitrogen and oxygen atoms in total. The lowest BCUT2D eigenvalue weighted by Crippen LogP contribution is -2.29. The molecule has 40 heavy (non-hydrogen) atoms. The first-order valence-corrected chi connectivity index (χ1v) is 11.5. The molecule has 0 saturated heterocycles. The van der Waals surface area contributed by atoms with Crippen LogP contribution in [-0.2, 0) is 40.6 Å². The van der Waals surface area contributed by atoms with Crippen molar-refractivity contribution in [1.29, 1.82) is 0 Å². The van der Waals surface area contributed by atoms with Gasteiger partial charge in [0.1, 0.15) is 11.5 Å². The Morgan fingerprint density at radius 3 is 2.23 bits per heavy atom. The minimum atomic E-state index is -5.08. The van der Waals surface area contributed by atoms with Crippen LogP contribution in [0.2, 0.25) is 0 Å². The van der Waals surface area contributed by atoms with E-state index in [2.05, 4.69) is 25.5 Å². The third kappa shape index (κ3) is 11.4. The fraction of sp³-hybridized carbons (Fsp3) is 0.417. The maximum atomic E-state index is 10.6. The number of imidazole rings is 1. The second-order valence-corrected chi connectivity index (χ2v) is 8.53. The van der Waals surface area contributed by atoms with Crippen LogP contribution in [0.1, 0.15) is 22.9 Å². The van der Waals surface area contributed by atoms with Crippen LogP contribution in [0.3, 0.4) is 0 Å². The summed E-state index contributed by atoms with van der Waals surface area (Å²) in [7, 11) is 0. The van der Waals surface area contributed by atoms with Crippen molar-refractivity contribution in [1.82, 2.24) is 19.4 Å². The highest BCUT2D eigenvalue weighted by Crippen LogP contribution is 2.20. The average Bonchev–Trinajstić information content (AvgIpc) is 3.43. The molecule has 220 valence electrons. The second kappa shape index (κ2) is 14.5. The number of alkyl halides is 6. The third-order valence-electron chi connectivity index (χ3n) is 5.15. The monoisotopic (exact) mass is 580 g/mol. The third-order valence-corrected chi connectivity index (χ3v) is 5.15. The molecule has 1 aliphatic heterocycles. The van der Waals surface area contributed by atoms with E-state index in [1.165, 1.54) is 5.69 Å². The highest BCUT2D eigenvalue weighted by molar-refractivity contribution is 5.73. The van der Waals surface area contributed by atoms with E-state index in [-0.39, 0.29) is 0 Å². The normalized spacial score (nSPS) is 15.5. The number of carboxylic acid groups (broad SMARTS) is 2. The number of pyridine rings is 1. The zero-order chi connectivity index (χ0) is 29.9. The number of carbonyl (C=O) groups is 2. The van der Waals surface area contributed by atoms with E-state index in [1.54, 1.807) is 6.20 Å². The molecule has 16 heteroatoms. The number of rotatable bonds is 6. The molecule has 4 heterocycles. The lowest BCUT2D eigenvalue weighted by Gasteiger charge is -2.23. The Bertz CT molecular complexity index is 1190. The average molecular weight is 580 g/mol. The predicted molar refractivity (Wildman–Crippen MR) is 125 cm³/mol. The molecule has 0 saturated carbocycles. The molecule has 3 aromatic heterocycles. The Morgan fingerprint density at radius 2 is 1.70 bits per heavy atom. The van der Waals surface area contributed by atoms with E-state index in [0.29, 0.717) is 19.1 Å². The van der Waals surface area contributed by atoms with Crippen molar-refractivity contribution in [2.75, 3.05) is 13.2 Å². The number of furan rings is 1. The fourth-order valence-corrected chi connectivity index (χ4v) is 3.47. The van der Waals surface area contributed by atoms with E-state index in [1.807, 2.05) is 43.7 Å². The highest BCUT2D eigenvalue weighted by atomic mass is 19.4. The summed E-state index contributed by atoms with van der Waals surface area (Å²) < 4.78 is 77.4. The van der Waals surface area contributed by atoms with E-state index < -0.39 is 24.3 Å². The summed E-state index contributed by atoms with van der Waals surface area (Å²) in [6, 6.07) is 9.98. The summed E-state index contributed by atoms with van der Waals surface area (Å²) >= 11 is 0. The molecule has 3 aromatic rings. The standard InChI is InChI=1S/C20H24N4O2.2C2HF3O2/c1-16-5-6-20(26-16)12-23-9-17(10-24-15-21-8-19(24)11-23)13-25-14-18-4-2-3-7-22-18;2*3-2(4,5)1(6)7/h2-8,15,17H,9-14H2,1H3;2*(H,6,7). The van der Waals surface area contributed by atoms with Crippen LogP contribution < -0.4 is 0 Å². The molecule has 0 fully saturated rings. The fourth-order valence-electron chi connectivity index (χ4n) is 3.47. The van der Waals surface area contributed by atoms with Gasteiger partial charge in [-0.25, -0.2) is 14.6 Å². The van der Waals surface area contributed by atoms with Crippen LogP contribution in [0.4, 0.5) is 26.3 Å². The first-order chi connectivity index (χ1) is 18.6. The minimum absolute atomic E-state index is 0.394. The summed E-state index contributed by atoms with van der Waals surface area (Å²) in [4.78, 5) is 28.8. The number of hydrogen-bond donors (Lipinski definition) is 2. The van der Waals surface area contributed by atoms with Crippen molar-refractivity contribution < 1.29 is 55.3 Å². The second-order valence-electron chi connectivity index (χ2n) is 8.53. The van der Waals surface area contributed by atoms with Crippen LogP contribution in [0.5, 0.6) is 0 Å². The maximum Gasteiger partial charge on any atom is 0.490 e. The van der Waals surface area contributed by atoms with Crippen molar-refractivity contribution in [2.24, 2.45) is 5.92 Å². The topological polar surface area (TPSA) is 131 Å². The van der Waals surface area contributed by atoms with E-state index in [4.69, 9.17) is 29.0 Å². The van der Waals surface area contributed by atoms with Crippen molar-refractivity contribution >= 4 is 11.9 Å². The first-order valence-electron chi connectivity index (χ1n) is 11.5. The zero-order valence-electron chi connectivity index (χ0n) is 21.0. The van der Waals surface area contributed by atoms with Gasteiger partial charge >= 0.3 is 24.3 Å². The van der Waals surface area contributed by atoms with Crippen molar-refractivity contribution in [3.05, 3.63) is 72.0 Å². The Kier molecular flexibility index (Phi) is 11.7. The number of aromatic nitrogens is 3. The van der Waals surface area contributed by atoms with E-state index >= 15 is 0 Å². The number of halogens is 6. The molecule has 0 amide bonds. The summed E-state index contributed by atoms with van der Waals surface area (Å²) in [6.45, 7) is 6.78. The van der Waals surface area contributed by atoms with Crippen LogP contribution in [0, 0.1) is 12.8 Å². The molecule has 1 unspecified atom stereocenters. The minimum Gasteiger partial charge on any atom is -0.475 e. The van der Waals surface area contributed by atoms with Gasteiger partial charge in [-0.1, -0.05) is 6.07 Å². The van der Waals surface area contributed by atoms with Gasteiger partial charge in [-0.2, -0.15) is 26.3 Å². The lowest BCUT2D eigenvalue weighted by molar-refractivity contribution is -0.193. The van der Waals surface area contributed by atoms with Gasteiger partial charge in [0.2, 0.25) is 0 Å². The number of aliphatic carboxylic acids is 2. The number of aryl methyl sites for hydroxylation is 1. The highest BCUT2D eigenvalue weighted by Gasteiger charge is 2.38. The van der Waals surface area contributed by atoms with Gasteiger partial charge in [-0.3, -0.25) is 9.88 Å². The summed E-state index contributed by atoms with van der Waals surface area (Å²) in [5.74, 6) is -3.16. The number of fused-ring (bicyclic) bond motifs is 1. The number of hydrogen-bond acceptors (Lipinski definition) is 7. The van der Waals surface area contributed by atoms with Crippen LogP contribution in [0.25, 0.3) is 0 Å². The van der Waals surface area contributed by atoms with Gasteiger partial charge < -0.3 is 23.9 Å². The molecular formula is C24H26F6N4O6. The predicted octanol–water partition coefficient (Wildman–Crippen LogP) is 4.29. The quantitative estimate of drug-likeness (QED) is 0.410. The van der Waals surface area contributed by atoms with Gasteiger partial charge in [0.15, 0.2) is 0 Å². The molecule has 0 radical (unpaired) electrons. The molecule has 1 atom stereocenters. The van der Waals surface area contributed by atoms with Crippen molar-refractivity contribution in [2.45, 2.75) is 45.5 Å². The Labute approximate surface area is 223 Å². The Hall–Kier alpha value is -3.92. The SMILES string of the molecule is Cc1ccc(CN2Cc3cncn3CC(COCc3ccccn3)C2)o1.O=C(O)C(F)(F)F.O=C(O)C(F)(F)F. The number of carboxylic acids is 2. The van der Waals surface area contributed by atoms with Crippen LogP contribution in [-0.4, -0.2) is 67.1 Å². The van der Waals surface area contributed by atoms with Gasteiger partial charge in [-0.05, 0) is 31.2 Å². The van der Waals surface area contributed by atoms with E-state index in [0.717, 1.165) is 43.4 Å². The summed E-state index contributed by atoms with van der Waals surface area (Å²) in [5, 5.41) is 14.2. The van der Waals surface area contributed by atoms with Gasteiger partial charge in [0, 0.05) is 37.9 Å². The van der Waals surface area contributed by atoms with Gasteiger partial charge in [0.05, 0.1) is 37.5 Å².